The van der Waals surface area contributed by atoms with Gasteiger partial charge in [0.25, 0.3) is 0 Å². The third kappa shape index (κ3) is 6.98. The molecular formula is C21H23NO2S. The van der Waals surface area contributed by atoms with Gasteiger partial charge in [-0.25, -0.2) is 0 Å². The van der Waals surface area contributed by atoms with Crippen molar-refractivity contribution in [3.63, 3.8) is 0 Å². The van der Waals surface area contributed by atoms with Crippen LogP contribution in [0.4, 0.5) is 0 Å². The van der Waals surface area contributed by atoms with E-state index in [-0.39, 0.29) is 18.1 Å². The van der Waals surface area contributed by atoms with E-state index in [0.717, 1.165) is 16.9 Å². The van der Waals surface area contributed by atoms with Crippen molar-refractivity contribution in [2.24, 2.45) is 0 Å². The molecule has 0 bridgehead atoms. The van der Waals surface area contributed by atoms with Crippen LogP contribution < -0.4 is 0 Å². The van der Waals surface area contributed by atoms with Gasteiger partial charge in [-0.3, -0.25) is 9.59 Å². The topological polar surface area (TPSA) is 37.4 Å². The molecule has 0 aliphatic rings. The lowest BCUT2D eigenvalue weighted by molar-refractivity contribution is -0.133. The molecule has 0 N–H and O–H groups in total. The van der Waals surface area contributed by atoms with Gasteiger partial charge in [0.2, 0.25) is 5.91 Å². The molecule has 2 rings (SSSR count). The Labute approximate surface area is 153 Å². The molecule has 2 aromatic carbocycles. The maximum Gasteiger partial charge on any atom is 0.234 e. The van der Waals surface area contributed by atoms with Crippen LogP contribution in [0.5, 0.6) is 0 Å². The average molecular weight is 353 g/mol. The maximum absolute atomic E-state index is 12.4. The number of rotatable bonds is 8. The lowest BCUT2D eigenvalue weighted by atomic mass is 10.2. The van der Waals surface area contributed by atoms with Crippen LogP contribution in [0.1, 0.15) is 25.8 Å². The summed E-state index contributed by atoms with van der Waals surface area (Å²) < 4.78 is 0. The van der Waals surface area contributed by atoms with Gasteiger partial charge in [0, 0.05) is 16.8 Å². The molecule has 25 heavy (non-hydrogen) atoms. The van der Waals surface area contributed by atoms with Crippen molar-refractivity contribution in [1.82, 2.24) is 4.90 Å². The summed E-state index contributed by atoms with van der Waals surface area (Å²) in [6, 6.07) is 20.0. The molecule has 2 aromatic rings. The summed E-state index contributed by atoms with van der Waals surface area (Å²) in [5.41, 5.74) is 2.13. The van der Waals surface area contributed by atoms with Gasteiger partial charge in [-0.2, -0.15) is 0 Å². The molecule has 0 saturated heterocycles. The quantitative estimate of drug-likeness (QED) is 0.510. The summed E-state index contributed by atoms with van der Waals surface area (Å²) in [7, 11) is 0. The first-order chi connectivity index (χ1) is 12.0. The molecule has 4 heteroatoms. The molecule has 1 amide bonds. The highest BCUT2D eigenvalue weighted by Crippen LogP contribution is 2.20. The summed E-state index contributed by atoms with van der Waals surface area (Å²) in [6.07, 6.45) is 1.80. The predicted molar refractivity (Wildman–Crippen MR) is 103 cm³/mol. The number of hydrogen-bond donors (Lipinski definition) is 0. The second-order valence-corrected chi connectivity index (χ2v) is 7.01. The Kier molecular flexibility index (Phi) is 7.48. The summed E-state index contributed by atoms with van der Waals surface area (Å²) in [5, 5.41) is 0. The van der Waals surface area contributed by atoms with Crippen LogP contribution >= 0.6 is 11.8 Å². The molecule has 0 aliphatic carbocycles. The van der Waals surface area contributed by atoms with Gasteiger partial charge in [-0.05, 0) is 37.1 Å². The van der Waals surface area contributed by atoms with Gasteiger partial charge in [-0.1, -0.05) is 48.5 Å². The number of nitrogens with zero attached hydrogens (tertiary/aromatic N) is 1. The number of benzene rings is 2. The van der Waals surface area contributed by atoms with E-state index in [2.05, 4.69) is 12.1 Å². The Bertz CT molecular complexity index is 726. The Morgan fingerprint density at radius 2 is 1.56 bits per heavy atom. The van der Waals surface area contributed by atoms with Crippen LogP contribution in [0.25, 0.3) is 0 Å². The van der Waals surface area contributed by atoms with Crippen molar-refractivity contribution in [1.29, 1.82) is 0 Å². The fourth-order valence-corrected chi connectivity index (χ4v) is 3.14. The molecule has 0 spiro atoms. The summed E-state index contributed by atoms with van der Waals surface area (Å²) in [4.78, 5) is 26.6. The zero-order valence-electron chi connectivity index (χ0n) is 14.6. The van der Waals surface area contributed by atoms with Crippen molar-refractivity contribution < 1.29 is 9.59 Å². The molecule has 0 unspecified atom stereocenters. The smallest absolute Gasteiger partial charge is 0.234 e. The van der Waals surface area contributed by atoms with E-state index in [4.69, 9.17) is 0 Å². The fraction of sp³-hybridized carbons (Fsp3) is 0.238. The number of Topliss-reactive ketones (excluding diaryl/α,β-unsaturated/α-hetero) is 1. The van der Waals surface area contributed by atoms with E-state index in [1.54, 1.807) is 16.7 Å². The average Bonchev–Trinajstić information content (AvgIpc) is 2.60. The van der Waals surface area contributed by atoms with Gasteiger partial charge in [0.05, 0.1) is 13.0 Å². The highest BCUT2D eigenvalue weighted by atomic mass is 32.2. The minimum absolute atomic E-state index is 0.0670. The van der Waals surface area contributed by atoms with Crippen molar-refractivity contribution in [3.8, 4) is 0 Å². The third-order valence-corrected chi connectivity index (χ3v) is 4.71. The first-order valence-corrected chi connectivity index (χ1v) is 9.21. The lowest BCUT2D eigenvalue weighted by Gasteiger charge is -2.19. The van der Waals surface area contributed by atoms with Crippen molar-refractivity contribution in [3.05, 3.63) is 78.0 Å². The molecule has 0 heterocycles. The van der Waals surface area contributed by atoms with E-state index >= 15 is 0 Å². The summed E-state index contributed by atoms with van der Waals surface area (Å²) in [6.45, 7) is 3.93. The predicted octanol–water partition coefficient (Wildman–Crippen LogP) is 4.69. The van der Waals surface area contributed by atoms with E-state index in [9.17, 15) is 9.59 Å². The van der Waals surface area contributed by atoms with E-state index in [0.29, 0.717) is 6.54 Å². The SMILES string of the molecule is CC(=O)CC(=O)N(/C=C(\C)CSc1ccccc1)Cc1ccccc1. The first kappa shape index (κ1) is 19.0. The molecule has 3 nitrogen and oxygen atoms in total. The van der Waals surface area contributed by atoms with Crippen LogP contribution in [-0.2, 0) is 16.1 Å². The monoisotopic (exact) mass is 353 g/mol. The molecular weight excluding hydrogens is 330 g/mol. The van der Waals surface area contributed by atoms with E-state index in [1.165, 1.54) is 11.8 Å². The van der Waals surface area contributed by atoms with Crippen molar-refractivity contribution in [2.45, 2.75) is 31.7 Å². The Balaban J connectivity index is 2.07. The Morgan fingerprint density at radius 1 is 0.960 bits per heavy atom. The minimum Gasteiger partial charge on any atom is -0.314 e. The van der Waals surface area contributed by atoms with Crippen molar-refractivity contribution in [2.75, 3.05) is 5.75 Å². The van der Waals surface area contributed by atoms with Crippen LogP contribution in [-0.4, -0.2) is 22.3 Å². The normalized spacial score (nSPS) is 11.2. The highest BCUT2D eigenvalue weighted by molar-refractivity contribution is 7.99. The minimum atomic E-state index is -0.166. The van der Waals surface area contributed by atoms with Gasteiger partial charge in [0.1, 0.15) is 5.78 Å². The Hall–Kier alpha value is -2.33. The second kappa shape index (κ2) is 9.84. The standard InChI is InChI=1S/C21H23NO2S/c1-17(16-25-20-11-7-4-8-12-20)14-22(21(24)13-18(2)23)15-19-9-5-3-6-10-19/h3-12,14H,13,15-16H2,1-2H3/b17-14+. The molecule has 0 aliphatic heterocycles. The number of hydrogen-bond acceptors (Lipinski definition) is 3. The number of carbonyl (C=O) groups is 2. The number of amides is 1. The molecule has 0 aromatic heterocycles. The molecule has 0 saturated carbocycles. The third-order valence-electron chi connectivity index (χ3n) is 3.50. The van der Waals surface area contributed by atoms with E-state index in [1.807, 2.05) is 61.7 Å². The van der Waals surface area contributed by atoms with Gasteiger partial charge in [-0.15, -0.1) is 11.8 Å². The van der Waals surface area contributed by atoms with Gasteiger partial charge in [0.15, 0.2) is 0 Å². The maximum atomic E-state index is 12.4. The molecule has 0 fully saturated rings. The largest absolute Gasteiger partial charge is 0.314 e. The first-order valence-electron chi connectivity index (χ1n) is 8.22. The number of thioether (sulfide) groups is 1. The van der Waals surface area contributed by atoms with Crippen molar-refractivity contribution >= 4 is 23.5 Å². The zero-order valence-corrected chi connectivity index (χ0v) is 15.5. The number of ketones is 1. The molecule has 0 radical (unpaired) electrons. The number of carbonyl (C=O) groups excluding carboxylic acids is 2. The van der Waals surface area contributed by atoms with Gasteiger partial charge >= 0.3 is 0 Å². The highest BCUT2D eigenvalue weighted by Gasteiger charge is 2.14. The fourth-order valence-electron chi connectivity index (χ4n) is 2.32. The molecule has 130 valence electrons. The second-order valence-electron chi connectivity index (χ2n) is 5.96. The van der Waals surface area contributed by atoms with Crippen LogP contribution in [0.15, 0.2) is 77.3 Å². The lowest BCUT2D eigenvalue weighted by Crippen LogP contribution is -2.27. The summed E-state index contributed by atoms with van der Waals surface area (Å²) in [5.74, 6) is 0.510. The van der Waals surface area contributed by atoms with Crippen LogP contribution in [0.3, 0.4) is 0 Å². The zero-order chi connectivity index (χ0) is 18.1. The van der Waals surface area contributed by atoms with Crippen LogP contribution in [0.2, 0.25) is 0 Å². The Morgan fingerprint density at radius 3 is 2.16 bits per heavy atom. The van der Waals surface area contributed by atoms with Crippen LogP contribution in [0, 0.1) is 0 Å². The molecule has 0 atom stereocenters. The van der Waals surface area contributed by atoms with Gasteiger partial charge < -0.3 is 4.90 Å². The summed E-state index contributed by atoms with van der Waals surface area (Å²) >= 11 is 1.73. The van der Waals surface area contributed by atoms with E-state index < -0.39 is 0 Å².